The number of nitrogens with two attached hydrogens (primary N) is 1. The molecule has 1 aromatic rings. The number of ether oxygens (including phenoxy) is 1. The Bertz CT molecular complexity index is 574. The van der Waals surface area contributed by atoms with Crippen LogP contribution in [-0.4, -0.2) is 32.1 Å². The number of rotatable bonds is 2. The fourth-order valence-electron chi connectivity index (χ4n) is 2.23. The van der Waals surface area contributed by atoms with Crippen LogP contribution in [0.3, 0.4) is 0 Å². The van der Waals surface area contributed by atoms with Crippen LogP contribution in [0.4, 0.5) is 0 Å². The Balaban J connectivity index is 0.000000220. The number of carbonyl (C=O) groups excluding carboxylic acids is 1. The molecule has 1 saturated carbocycles. The fourth-order valence-corrected chi connectivity index (χ4v) is 2.71. The van der Waals surface area contributed by atoms with E-state index in [9.17, 15) is 13.2 Å². The maximum absolute atomic E-state index is 11.0. The molecular formula is C15H23NO5S. The molecule has 0 atom stereocenters. The number of hydrogen-bond donors (Lipinski definition) is 2. The van der Waals surface area contributed by atoms with Crippen molar-refractivity contribution in [2.45, 2.75) is 43.5 Å². The van der Waals surface area contributed by atoms with Gasteiger partial charge in [-0.3, -0.25) is 9.35 Å². The highest BCUT2D eigenvalue weighted by atomic mass is 32.2. The molecule has 0 spiro atoms. The van der Waals surface area contributed by atoms with Crippen molar-refractivity contribution >= 4 is 16.1 Å². The molecule has 6 nitrogen and oxygen atoms in total. The highest BCUT2D eigenvalue weighted by Crippen LogP contribution is 2.23. The van der Waals surface area contributed by atoms with Gasteiger partial charge in [-0.05, 0) is 44.7 Å². The van der Waals surface area contributed by atoms with Gasteiger partial charge in [-0.1, -0.05) is 17.7 Å². The van der Waals surface area contributed by atoms with E-state index in [2.05, 4.69) is 4.74 Å². The lowest BCUT2D eigenvalue weighted by Gasteiger charge is -2.23. The van der Waals surface area contributed by atoms with Crippen molar-refractivity contribution in [2.24, 2.45) is 11.7 Å². The average Bonchev–Trinajstić information content (AvgIpc) is 2.47. The fraction of sp³-hybridized carbons (Fsp3) is 0.533. The summed E-state index contributed by atoms with van der Waals surface area (Å²) in [5.41, 5.74) is 6.64. The van der Waals surface area contributed by atoms with Crippen molar-refractivity contribution in [3.63, 3.8) is 0 Å². The number of benzene rings is 1. The summed E-state index contributed by atoms with van der Waals surface area (Å²) in [7, 11) is -2.58. The standard InChI is InChI=1S/C8H15NO2.C7H8O3S/c1-11-8(10)6-2-4-7(9)5-3-6;1-6-2-4-7(5-3-6)11(8,9)10/h6-7H,2-5,9H2,1H3;2-5H,1H3,(H,8,9,10)/t6-,7-;. The summed E-state index contributed by atoms with van der Waals surface area (Å²) in [5.74, 6) is 0.0386. The summed E-state index contributed by atoms with van der Waals surface area (Å²) in [6.45, 7) is 1.84. The predicted octanol–water partition coefficient (Wildman–Crippen LogP) is 1.92. The molecule has 0 heterocycles. The zero-order chi connectivity index (χ0) is 16.8. The smallest absolute Gasteiger partial charge is 0.308 e. The van der Waals surface area contributed by atoms with Crippen LogP contribution >= 0.6 is 0 Å². The van der Waals surface area contributed by atoms with E-state index in [0.29, 0.717) is 6.04 Å². The molecule has 1 fully saturated rings. The molecule has 1 aromatic carbocycles. The van der Waals surface area contributed by atoms with Crippen molar-refractivity contribution in [3.05, 3.63) is 29.8 Å². The number of esters is 1. The molecule has 1 aliphatic rings. The third kappa shape index (κ3) is 6.13. The van der Waals surface area contributed by atoms with Crippen molar-refractivity contribution in [1.82, 2.24) is 0 Å². The summed E-state index contributed by atoms with van der Waals surface area (Å²) in [5, 5.41) is 0. The Morgan fingerprint density at radius 1 is 1.18 bits per heavy atom. The monoisotopic (exact) mass is 329 g/mol. The maximum Gasteiger partial charge on any atom is 0.308 e. The molecule has 124 valence electrons. The first-order valence-corrected chi connectivity index (χ1v) is 8.55. The molecule has 2 rings (SSSR count). The van der Waals surface area contributed by atoms with E-state index in [4.69, 9.17) is 10.3 Å². The topological polar surface area (TPSA) is 107 Å². The van der Waals surface area contributed by atoms with Crippen molar-refractivity contribution < 1.29 is 22.5 Å². The second-order valence-electron chi connectivity index (χ2n) is 5.42. The lowest BCUT2D eigenvalue weighted by molar-refractivity contribution is -0.146. The highest BCUT2D eigenvalue weighted by Gasteiger charge is 2.24. The molecule has 22 heavy (non-hydrogen) atoms. The van der Waals surface area contributed by atoms with Gasteiger partial charge >= 0.3 is 5.97 Å². The van der Waals surface area contributed by atoms with Gasteiger partial charge in [0.05, 0.1) is 17.9 Å². The second-order valence-corrected chi connectivity index (χ2v) is 6.84. The van der Waals surface area contributed by atoms with Crippen molar-refractivity contribution in [1.29, 1.82) is 0 Å². The molecule has 3 N–H and O–H groups in total. The quantitative estimate of drug-likeness (QED) is 0.634. The van der Waals surface area contributed by atoms with Gasteiger partial charge in [0.25, 0.3) is 10.1 Å². The summed E-state index contributed by atoms with van der Waals surface area (Å²) >= 11 is 0. The Hall–Kier alpha value is -1.44. The third-order valence-electron chi connectivity index (χ3n) is 3.63. The molecule has 0 amide bonds. The van der Waals surface area contributed by atoms with Gasteiger partial charge in [-0.15, -0.1) is 0 Å². The number of hydrogen-bond acceptors (Lipinski definition) is 5. The van der Waals surface area contributed by atoms with Crippen LogP contribution < -0.4 is 5.73 Å². The van der Waals surface area contributed by atoms with Gasteiger partial charge < -0.3 is 10.5 Å². The maximum atomic E-state index is 11.0. The first kappa shape index (κ1) is 18.6. The van der Waals surface area contributed by atoms with Gasteiger partial charge in [0.2, 0.25) is 0 Å². The van der Waals surface area contributed by atoms with E-state index in [1.54, 1.807) is 12.1 Å². The minimum atomic E-state index is -4.02. The Kier molecular flexibility index (Phi) is 6.99. The third-order valence-corrected chi connectivity index (χ3v) is 4.49. The van der Waals surface area contributed by atoms with Crippen molar-refractivity contribution in [3.8, 4) is 0 Å². The van der Waals surface area contributed by atoms with Crippen molar-refractivity contribution in [2.75, 3.05) is 7.11 Å². The molecule has 0 saturated heterocycles. The largest absolute Gasteiger partial charge is 0.469 e. The number of carbonyl (C=O) groups is 1. The molecule has 7 heteroatoms. The highest BCUT2D eigenvalue weighted by molar-refractivity contribution is 7.85. The minimum Gasteiger partial charge on any atom is -0.469 e. The van der Waals surface area contributed by atoms with Crippen LogP contribution in [0.15, 0.2) is 29.2 Å². The van der Waals surface area contributed by atoms with Gasteiger partial charge in [-0.25, -0.2) is 0 Å². The van der Waals surface area contributed by atoms with Crippen LogP contribution in [0, 0.1) is 12.8 Å². The summed E-state index contributed by atoms with van der Waals surface area (Å²) in [6.07, 6.45) is 3.71. The summed E-state index contributed by atoms with van der Waals surface area (Å²) in [4.78, 5) is 10.9. The molecule has 0 bridgehead atoms. The number of methoxy groups -OCH3 is 1. The molecule has 0 aromatic heterocycles. The van der Waals surface area contributed by atoms with Gasteiger partial charge in [0, 0.05) is 6.04 Å². The lowest BCUT2D eigenvalue weighted by atomic mass is 9.87. The van der Waals surface area contributed by atoms with E-state index in [1.165, 1.54) is 19.2 Å². The molecular weight excluding hydrogens is 306 g/mol. The predicted molar refractivity (Wildman–Crippen MR) is 82.9 cm³/mol. The Morgan fingerprint density at radius 3 is 2.09 bits per heavy atom. The Labute approximate surface area is 131 Å². The first-order chi connectivity index (χ1) is 10.2. The minimum absolute atomic E-state index is 0.0666. The summed E-state index contributed by atoms with van der Waals surface area (Å²) in [6, 6.07) is 6.29. The lowest BCUT2D eigenvalue weighted by Crippen LogP contribution is -2.30. The molecule has 0 radical (unpaired) electrons. The molecule has 1 aliphatic carbocycles. The average molecular weight is 329 g/mol. The van der Waals surface area contributed by atoms with Gasteiger partial charge in [-0.2, -0.15) is 8.42 Å². The van der Waals surface area contributed by atoms with Crippen LogP contribution in [0.25, 0.3) is 0 Å². The van der Waals surface area contributed by atoms with E-state index in [1.807, 2.05) is 6.92 Å². The van der Waals surface area contributed by atoms with Crippen LogP contribution in [-0.2, 0) is 19.6 Å². The van der Waals surface area contributed by atoms with Crippen LogP contribution in [0.2, 0.25) is 0 Å². The van der Waals surface area contributed by atoms with Crippen LogP contribution in [0.1, 0.15) is 31.2 Å². The van der Waals surface area contributed by atoms with E-state index < -0.39 is 10.1 Å². The molecule has 0 unspecified atom stereocenters. The zero-order valence-corrected chi connectivity index (χ0v) is 13.7. The normalized spacial score (nSPS) is 21.5. The molecule has 0 aliphatic heterocycles. The Morgan fingerprint density at radius 2 is 1.68 bits per heavy atom. The number of aryl methyl sites for hydroxylation is 1. The van der Waals surface area contributed by atoms with E-state index >= 15 is 0 Å². The first-order valence-electron chi connectivity index (χ1n) is 7.11. The SMILES string of the molecule is COC(=O)[C@H]1CC[C@H](N)CC1.Cc1ccc(S(=O)(=O)O)cc1. The zero-order valence-electron chi connectivity index (χ0n) is 12.9. The van der Waals surface area contributed by atoms with E-state index in [-0.39, 0.29) is 16.8 Å². The van der Waals surface area contributed by atoms with Crippen LogP contribution in [0.5, 0.6) is 0 Å². The second kappa shape index (κ2) is 8.26. The van der Waals surface area contributed by atoms with Gasteiger partial charge in [0.15, 0.2) is 0 Å². The van der Waals surface area contributed by atoms with E-state index in [0.717, 1.165) is 31.2 Å². The van der Waals surface area contributed by atoms with Gasteiger partial charge in [0.1, 0.15) is 0 Å². The summed E-state index contributed by atoms with van der Waals surface area (Å²) < 4.78 is 34.2.